The van der Waals surface area contributed by atoms with Crippen molar-refractivity contribution in [3.05, 3.63) is 0 Å². The minimum Gasteiger partial charge on any atom is -0.394 e. The smallest absolute Gasteiger partial charge is 0.249 e. The van der Waals surface area contributed by atoms with Gasteiger partial charge in [0.2, 0.25) is 5.91 Å². The van der Waals surface area contributed by atoms with Gasteiger partial charge in [-0.05, 0) is 38.8 Å². The van der Waals surface area contributed by atoms with Crippen LogP contribution in [0.25, 0.3) is 0 Å². The van der Waals surface area contributed by atoms with Gasteiger partial charge in [0.15, 0.2) is 24.7 Å². The maximum Gasteiger partial charge on any atom is 0.249 e. The third-order valence-corrected chi connectivity index (χ3v) is 8.34. The fraction of sp³-hybridized carbons (Fsp3) is 0.923. The summed E-state index contributed by atoms with van der Waals surface area (Å²) in [6, 6.07) is -4.44. The first kappa shape index (κ1) is 38.6. The molecule has 3 fully saturated rings. The first-order valence-electron chi connectivity index (χ1n) is 15.5. The molecule has 46 heavy (non-hydrogen) atoms. The third-order valence-electron chi connectivity index (χ3n) is 8.34. The topological polar surface area (TPSA) is 345 Å². The Bertz CT molecular complexity index is 966. The van der Waals surface area contributed by atoms with Gasteiger partial charge in [0, 0.05) is 19.1 Å². The largest absolute Gasteiger partial charge is 0.394 e. The van der Waals surface area contributed by atoms with Gasteiger partial charge >= 0.3 is 0 Å². The van der Waals surface area contributed by atoms with Gasteiger partial charge in [0.05, 0.1) is 36.9 Å². The molecular weight excluding hydrogens is 617 g/mol. The zero-order valence-corrected chi connectivity index (χ0v) is 25.6. The van der Waals surface area contributed by atoms with Crippen molar-refractivity contribution in [1.29, 1.82) is 5.41 Å². The molecule has 268 valence electrons. The van der Waals surface area contributed by atoms with Gasteiger partial charge in [-0.2, -0.15) is 0 Å². The standard InChI is InChI=1S/C26H52FN9O10/c27-17-21(45-24-11(32)7-14(39)15(8-30)43-24)10(31)6-12(35-23(42)13(38)2-4-29)22(17)46-25-20(41)18(19(40)16(9-37)44-25)36-26(33)34-5-1-3-28/h10-22,24-25,37-41H,1-9,28-32H2,(H,35,42)(H3,33,34,36)/t10?,11?,12-,13+,14+,15?,16-,17?,18?,19?,20-,21-,22?,24-,25?/m1/s1. The van der Waals surface area contributed by atoms with Crippen LogP contribution in [0.5, 0.6) is 0 Å². The lowest BCUT2D eigenvalue weighted by Gasteiger charge is -2.48. The number of alkyl halides is 1. The lowest BCUT2D eigenvalue weighted by Crippen LogP contribution is -2.69. The minimum absolute atomic E-state index is 0.00205. The Morgan fingerprint density at radius 3 is 2.26 bits per heavy atom. The molecule has 1 saturated carbocycles. The molecule has 3 aliphatic rings. The zero-order valence-electron chi connectivity index (χ0n) is 25.6. The number of nitrogens with one attached hydrogen (secondary N) is 4. The van der Waals surface area contributed by atoms with Crippen molar-refractivity contribution < 1.29 is 53.7 Å². The molecule has 19 nitrogen and oxygen atoms in total. The summed E-state index contributed by atoms with van der Waals surface area (Å²) in [7, 11) is 0. The fourth-order valence-electron chi connectivity index (χ4n) is 5.73. The van der Waals surface area contributed by atoms with Crippen molar-refractivity contribution in [2.45, 2.75) is 117 Å². The highest BCUT2D eigenvalue weighted by Crippen LogP contribution is 2.33. The lowest BCUT2D eigenvalue weighted by atomic mass is 9.84. The molecule has 0 aromatic carbocycles. The summed E-state index contributed by atoms with van der Waals surface area (Å²) in [5.74, 6) is -1.14. The van der Waals surface area contributed by atoms with Crippen LogP contribution < -0.4 is 44.6 Å². The Labute approximate surface area is 266 Å². The molecule has 2 saturated heterocycles. The number of ether oxygens (including phenoxy) is 4. The number of aliphatic hydroxyl groups excluding tert-OH is 5. The normalized spacial score (nSPS) is 40.6. The van der Waals surface area contributed by atoms with E-state index in [1.165, 1.54) is 0 Å². The van der Waals surface area contributed by atoms with E-state index in [-0.39, 0.29) is 38.3 Å². The van der Waals surface area contributed by atoms with E-state index in [4.69, 9.17) is 53.0 Å². The first-order chi connectivity index (χ1) is 21.9. The molecule has 2 aliphatic heterocycles. The number of carbonyl (C=O) groups is 1. The summed E-state index contributed by atoms with van der Waals surface area (Å²) >= 11 is 0. The van der Waals surface area contributed by atoms with Gasteiger partial charge < -0.3 is 89.1 Å². The van der Waals surface area contributed by atoms with Crippen LogP contribution in [0.4, 0.5) is 4.39 Å². The van der Waals surface area contributed by atoms with Crippen LogP contribution in [0.15, 0.2) is 0 Å². The highest BCUT2D eigenvalue weighted by Gasteiger charge is 2.53. The van der Waals surface area contributed by atoms with Crippen LogP contribution in [-0.4, -0.2) is 162 Å². The number of carbonyl (C=O) groups excluding carboxylic acids is 1. The van der Waals surface area contributed by atoms with Crippen molar-refractivity contribution in [3.63, 3.8) is 0 Å². The van der Waals surface area contributed by atoms with Gasteiger partial charge in [-0.25, -0.2) is 4.39 Å². The average molecular weight is 670 g/mol. The highest BCUT2D eigenvalue weighted by atomic mass is 19.1. The molecule has 0 bridgehead atoms. The molecule has 20 heteroatoms. The first-order valence-corrected chi connectivity index (χ1v) is 15.5. The molecule has 3 rings (SSSR count). The van der Waals surface area contributed by atoms with E-state index < -0.39 is 104 Å². The number of halogens is 1. The second-order valence-corrected chi connectivity index (χ2v) is 11.8. The molecule has 8 unspecified atom stereocenters. The summed E-state index contributed by atoms with van der Waals surface area (Å²) in [5, 5.41) is 68.2. The summed E-state index contributed by atoms with van der Waals surface area (Å²) in [4.78, 5) is 12.7. The van der Waals surface area contributed by atoms with E-state index in [9.17, 15) is 30.3 Å². The van der Waals surface area contributed by atoms with Gasteiger partial charge in [-0.1, -0.05) is 0 Å². The molecule has 2 heterocycles. The number of rotatable bonds is 14. The van der Waals surface area contributed by atoms with E-state index >= 15 is 4.39 Å². The molecular formula is C26H52FN9O10. The molecule has 15 atom stereocenters. The van der Waals surface area contributed by atoms with Gasteiger partial charge in [0.1, 0.15) is 36.6 Å². The monoisotopic (exact) mass is 669 g/mol. The molecule has 0 aromatic rings. The Morgan fingerprint density at radius 1 is 0.957 bits per heavy atom. The van der Waals surface area contributed by atoms with Crippen LogP contribution >= 0.6 is 0 Å². The summed E-state index contributed by atoms with van der Waals surface area (Å²) < 4.78 is 39.7. The number of aliphatic hydroxyl groups is 5. The summed E-state index contributed by atoms with van der Waals surface area (Å²) in [5.41, 5.74) is 29.0. The van der Waals surface area contributed by atoms with E-state index in [1.807, 2.05) is 0 Å². The summed E-state index contributed by atoms with van der Waals surface area (Å²) in [6.45, 7) is -0.0982. The number of hydrogen-bond acceptors (Lipinski definition) is 16. The van der Waals surface area contributed by atoms with Crippen LogP contribution in [0.2, 0.25) is 0 Å². The SMILES string of the molecule is N=C(NCCCN)NC1C(O)[C@@H](CO)OC(OC2C(F)[C@H](O[C@H]3OC(CN)[C@@H](O)CC3N)C(N)C[C@H]2NC(=O)[C@@H](O)CCN)[C@@H]1O. The second-order valence-electron chi connectivity index (χ2n) is 11.8. The minimum atomic E-state index is -2.13. The Morgan fingerprint density at radius 2 is 1.63 bits per heavy atom. The quantitative estimate of drug-likeness (QED) is 0.0464. The van der Waals surface area contributed by atoms with Gasteiger partial charge in [-0.15, -0.1) is 0 Å². The predicted octanol–water partition coefficient (Wildman–Crippen LogP) is -6.95. The van der Waals surface area contributed by atoms with Crippen LogP contribution in [0.1, 0.15) is 25.7 Å². The van der Waals surface area contributed by atoms with E-state index in [2.05, 4.69) is 16.0 Å². The average Bonchev–Trinajstić information content (AvgIpc) is 3.01. The number of guanidine groups is 1. The van der Waals surface area contributed by atoms with Crippen LogP contribution in [0.3, 0.4) is 0 Å². The van der Waals surface area contributed by atoms with Crippen molar-refractivity contribution in [2.24, 2.45) is 28.7 Å². The van der Waals surface area contributed by atoms with Crippen molar-refractivity contribution in [2.75, 3.05) is 32.8 Å². The molecule has 0 radical (unpaired) electrons. The van der Waals surface area contributed by atoms with Crippen molar-refractivity contribution in [3.8, 4) is 0 Å². The molecule has 0 spiro atoms. The van der Waals surface area contributed by atoms with E-state index in [1.54, 1.807) is 0 Å². The Balaban J connectivity index is 1.85. The van der Waals surface area contributed by atoms with Crippen LogP contribution in [0, 0.1) is 5.41 Å². The fourth-order valence-corrected chi connectivity index (χ4v) is 5.73. The van der Waals surface area contributed by atoms with Gasteiger partial charge in [-0.3, -0.25) is 10.2 Å². The van der Waals surface area contributed by atoms with Crippen LogP contribution in [-0.2, 0) is 23.7 Å². The maximum absolute atomic E-state index is 16.5. The maximum atomic E-state index is 16.5. The third kappa shape index (κ3) is 9.60. The van der Waals surface area contributed by atoms with Crippen molar-refractivity contribution in [1.82, 2.24) is 16.0 Å². The molecule has 19 N–H and O–H groups in total. The number of amides is 1. The van der Waals surface area contributed by atoms with E-state index in [0.29, 0.717) is 19.5 Å². The van der Waals surface area contributed by atoms with E-state index in [0.717, 1.165) is 0 Å². The second kappa shape index (κ2) is 18.0. The molecule has 1 amide bonds. The molecule has 0 aromatic heterocycles. The van der Waals surface area contributed by atoms with Gasteiger partial charge in [0.25, 0.3) is 0 Å². The predicted molar refractivity (Wildman–Crippen MR) is 159 cm³/mol. The Kier molecular flexibility index (Phi) is 15.1. The highest BCUT2D eigenvalue weighted by molar-refractivity contribution is 5.80. The number of hydrogen-bond donors (Lipinski definition) is 14. The molecule has 1 aliphatic carbocycles. The Hall–Kier alpha value is -1.89. The summed E-state index contributed by atoms with van der Waals surface area (Å²) in [6.07, 6.45) is -15.6. The zero-order chi connectivity index (χ0) is 34.1. The lowest BCUT2D eigenvalue weighted by molar-refractivity contribution is -0.311. The van der Waals surface area contributed by atoms with Crippen molar-refractivity contribution >= 4 is 11.9 Å². The number of nitrogens with two attached hydrogens (primary N) is 5.